The molecule has 0 heterocycles. The molecule has 0 amide bonds. The van der Waals surface area contributed by atoms with Crippen molar-refractivity contribution in [2.75, 3.05) is 26.7 Å². The van der Waals surface area contributed by atoms with Crippen LogP contribution in [0.15, 0.2) is 12.7 Å². The molecule has 0 bridgehead atoms. The van der Waals surface area contributed by atoms with Crippen LogP contribution in [-0.4, -0.2) is 43.2 Å². The Morgan fingerprint density at radius 1 is 1.47 bits per heavy atom. The van der Waals surface area contributed by atoms with Crippen LogP contribution in [-0.2, 0) is 9.53 Å². The smallest absolute Gasteiger partial charge is 0.330 e. The van der Waals surface area contributed by atoms with E-state index >= 15 is 0 Å². The van der Waals surface area contributed by atoms with Gasteiger partial charge in [0, 0.05) is 6.08 Å². The van der Waals surface area contributed by atoms with Gasteiger partial charge in [-0.15, -0.1) is 0 Å². The second kappa shape index (κ2) is 7.71. The van der Waals surface area contributed by atoms with E-state index < -0.39 is 0 Å². The summed E-state index contributed by atoms with van der Waals surface area (Å²) >= 11 is 0. The fourth-order valence-electron chi connectivity index (χ4n) is 1.39. The highest BCUT2D eigenvalue weighted by Crippen LogP contribution is 2.05. The van der Waals surface area contributed by atoms with Crippen LogP contribution >= 0.6 is 0 Å². The van der Waals surface area contributed by atoms with E-state index in [1.807, 2.05) is 6.92 Å². The minimum atomic E-state index is -0.337. The van der Waals surface area contributed by atoms with Crippen LogP contribution in [0.1, 0.15) is 20.8 Å². The average molecular weight is 236 g/mol. The molecular weight excluding hydrogens is 214 g/mol. The van der Waals surface area contributed by atoms with Crippen LogP contribution in [0, 0.1) is 0 Å². The molecule has 0 spiro atoms. The molecule has 0 aliphatic rings. The Morgan fingerprint density at radius 2 is 1.93 bits per heavy atom. The monoisotopic (exact) mass is 235 g/mol. The Bertz CT molecular complexity index is 203. The highest BCUT2D eigenvalue weighted by molar-refractivity contribution is 5.81. The lowest BCUT2D eigenvalue weighted by Crippen LogP contribution is -3.00. The maximum absolute atomic E-state index is 10.9. The fraction of sp³-hybridized carbons (Fsp3) is 0.727. The summed E-state index contributed by atoms with van der Waals surface area (Å²) in [6.45, 7) is 12.5. The lowest BCUT2D eigenvalue weighted by molar-refractivity contribution is -0.908. The standard InChI is InChI=1S/C11H22NO2.ClH/c1-6-11(13)14-10(4)9-12(5,7-2)8-3;/h6,10H,1,7-9H2,2-5H3;1H/q+1;/p-1. The summed E-state index contributed by atoms with van der Waals surface area (Å²) in [7, 11) is 2.16. The lowest BCUT2D eigenvalue weighted by atomic mass is 10.3. The van der Waals surface area contributed by atoms with Gasteiger partial charge in [0.25, 0.3) is 0 Å². The summed E-state index contributed by atoms with van der Waals surface area (Å²) in [4.78, 5) is 10.9. The minimum absolute atomic E-state index is 0. The zero-order valence-corrected chi connectivity index (χ0v) is 10.9. The first kappa shape index (κ1) is 16.9. The third kappa shape index (κ3) is 6.52. The number of ether oxygens (including phenoxy) is 1. The molecular formula is C11H22ClNO2. The Hall–Kier alpha value is -0.540. The van der Waals surface area contributed by atoms with Crippen LogP contribution in [0.4, 0.5) is 0 Å². The number of likely N-dealkylation sites (N-methyl/N-ethyl adjacent to an activating group) is 1. The molecule has 0 fully saturated rings. The van der Waals surface area contributed by atoms with E-state index in [0.29, 0.717) is 0 Å². The van der Waals surface area contributed by atoms with E-state index in [9.17, 15) is 4.79 Å². The summed E-state index contributed by atoms with van der Waals surface area (Å²) in [5.74, 6) is -0.337. The van der Waals surface area contributed by atoms with Crippen LogP contribution in [0.25, 0.3) is 0 Å². The van der Waals surface area contributed by atoms with E-state index in [4.69, 9.17) is 4.74 Å². The summed E-state index contributed by atoms with van der Waals surface area (Å²) < 4.78 is 6.05. The lowest BCUT2D eigenvalue weighted by Gasteiger charge is -2.34. The highest BCUT2D eigenvalue weighted by Gasteiger charge is 2.21. The molecule has 0 rings (SSSR count). The van der Waals surface area contributed by atoms with E-state index in [1.165, 1.54) is 6.08 Å². The van der Waals surface area contributed by atoms with Gasteiger partial charge >= 0.3 is 5.97 Å². The Kier molecular flexibility index (Phi) is 8.68. The molecule has 0 aliphatic carbocycles. The van der Waals surface area contributed by atoms with Crippen molar-refractivity contribution < 1.29 is 26.4 Å². The molecule has 1 atom stereocenters. The van der Waals surface area contributed by atoms with E-state index in [2.05, 4.69) is 27.5 Å². The van der Waals surface area contributed by atoms with Crippen molar-refractivity contribution in [3.05, 3.63) is 12.7 Å². The van der Waals surface area contributed by atoms with Gasteiger partial charge in [0.1, 0.15) is 12.6 Å². The Morgan fingerprint density at radius 3 is 2.27 bits per heavy atom. The maximum atomic E-state index is 10.9. The summed E-state index contributed by atoms with van der Waals surface area (Å²) in [6, 6.07) is 0. The first-order chi connectivity index (χ1) is 6.47. The topological polar surface area (TPSA) is 26.3 Å². The van der Waals surface area contributed by atoms with Crippen LogP contribution in [0.3, 0.4) is 0 Å². The van der Waals surface area contributed by atoms with Gasteiger partial charge in [-0.2, -0.15) is 0 Å². The predicted molar refractivity (Wildman–Crippen MR) is 57.9 cm³/mol. The van der Waals surface area contributed by atoms with Crippen LogP contribution < -0.4 is 12.4 Å². The first-order valence-electron chi connectivity index (χ1n) is 5.14. The number of carbonyl (C=O) groups is 1. The molecule has 90 valence electrons. The number of carbonyl (C=O) groups excluding carboxylic acids is 1. The Labute approximate surface area is 99.1 Å². The molecule has 0 aromatic rings. The molecule has 0 saturated carbocycles. The molecule has 0 radical (unpaired) electrons. The van der Waals surface area contributed by atoms with Gasteiger partial charge in [0.2, 0.25) is 0 Å². The molecule has 0 aliphatic heterocycles. The number of hydrogen-bond donors (Lipinski definition) is 0. The zero-order valence-electron chi connectivity index (χ0n) is 10.1. The molecule has 0 aromatic heterocycles. The quantitative estimate of drug-likeness (QED) is 0.322. The first-order valence-corrected chi connectivity index (χ1v) is 5.14. The molecule has 3 nitrogen and oxygen atoms in total. The molecule has 0 saturated heterocycles. The van der Waals surface area contributed by atoms with Crippen molar-refractivity contribution in [3.63, 3.8) is 0 Å². The van der Waals surface area contributed by atoms with Crippen molar-refractivity contribution in [2.45, 2.75) is 26.9 Å². The van der Waals surface area contributed by atoms with Gasteiger partial charge < -0.3 is 21.6 Å². The van der Waals surface area contributed by atoms with Gasteiger partial charge in [-0.1, -0.05) is 6.58 Å². The SMILES string of the molecule is C=CC(=O)OC(C)C[N+](C)(CC)CC.[Cl-]. The van der Waals surface area contributed by atoms with Gasteiger partial charge in [-0.05, 0) is 20.8 Å². The van der Waals surface area contributed by atoms with E-state index in [-0.39, 0.29) is 24.5 Å². The summed E-state index contributed by atoms with van der Waals surface area (Å²) in [5, 5.41) is 0. The third-order valence-electron chi connectivity index (χ3n) is 2.71. The molecule has 0 N–H and O–H groups in total. The number of hydrogen-bond acceptors (Lipinski definition) is 2. The number of halogens is 1. The maximum Gasteiger partial charge on any atom is 0.330 e. The molecule has 0 aromatic carbocycles. The Balaban J connectivity index is 0. The normalized spacial score (nSPS) is 12.5. The van der Waals surface area contributed by atoms with Crippen molar-refractivity contribution in [2.24, 2.45) is 0 Å². The van der Waals surface area contributed by atoms with Crippen molar-refractivity contribution in [3.8, 4) is 0 Å². The molecule has 4 heteroatoms. The van der Waals surface area contributed by atoms with E-state index in [0.717, 1.165) is 24.1 Å². The third-order valence-corrected chi connectivity index (χ3v) is 2.71. The van der Waals surface area contributed by atoms with Crippen LogP contribution in [0.5, 0.6) is 0 Å². The second-order valence-corrected chi connectivity index (χ2v) is 3.89. The van der Waals surface area contributed by atoms with Gasteiger partial charge in [-0.25, -0.2) is 4.79 Å². The van der Waals surface area contributed by atoms with Crippen molar-refractivity contribution in [1.29, 1.82) is 0 Å². The number of esters is 1. The van der Waals surface area contributed by atoms with Crippen molar-refractivity contribution in [1.82, 2.24) is 0 Å². The van der Waals surface area contributed by atoms with Crippen LogP contribution in [0.2, 0.25) is 0 Å². The number of rotatable bonds is 6. The highest BCUT2D eigenvalue weighted by atomic mass is 35.5. The van der Waals surface area contributed by atoms with Gasteiger partial charge in [0.05, 0.1) is 20.1 Å². The summed E-state index contributed by atoms with van der Waals surface area (Å²) in [6.07, 6.45) is 1.16. The second-order valence-electron chi connectivity index (χ2n) is 3.89. The minimum Gasteiger partial charge on any atom is -1.00 e. The molecule has 1 unspecified atom stereocenters. The van der Waals surface area contributed by atoms with E-state index in [1.54, 1.807) is 0 Å². The number of quaternary nitrogens is 1. The van der Waals surface area contributed by atoms with Gasteiger partial charge in [-0.3, -0.25) is 0 Å². The predicted octanol–water partition coefficient (Wildman–Crippen LogP) is -1.41. The largest absolute Gasteiger partial charge is 1.00 e. The molecule has 15 heavy (non-hydrogen) atoms. The van der Waals surface area contributed by atoms with Gasteiger partial charge in [0.15, 0.2) is 0 Å². The van der Waals surface area contributed by atoms with Crippen molar-refractivity contribution >= 4 is 5.97 Å². The fourth-order valence-corrected chi connectivity index (χ4v) is 1.39. The average Bonchev–Trinajstić information content (AvgIpc) is 2.17. The zero-order chi connectivity index (χ0) is 11.2. The number of nitrogens with zero attached hydrogens (tertiary/aromatic N) is 1. The summed E-state index contributed by atoms with van der Waals surface area (Å²) in [5.41, 5.74) is 0.